The highest BCUT2D eigenvalue weighted by atomic mass is 16.5. The third-order valence-corrected chi connectivity index (χ3v) is 3.83. The van der Waals surface area contributed by atoms with E-state index in [9.17, 15) is 9.59 Å². The van der Waals surface area contributed by atoms with Crippen LogP contribution in [0, 0.1) is 5.92 Å². The number of benzene rings is 2. The first kappa shape index (κ1) is 21.3. The number of hydrogen-bond acceptors (Lipinski definition) is 4. The summed E-state index contributed by atoms with van der Waals surface area (Å²) in [6, 6.07) is 12.3. The molecule has 0 aliphatic heterocycles. The zero-order valence-corrected chi connectivity index (χ0v) is 16.9. The molecule has 0 atom stereocenters. The first-order valence-electron chi connectivity index (χ1n) is 9.54. The lowest BCUT2D eigenvalue weighted by Gasteiger charge is -2.18. The summed E-state index contributed by atoms with van der Waals surface area (Å²) in [6.07, 6.45) is 0.405. The second-order valence-electron chi connectivity index (χ2n) is 6.68. The maximum Gasteiger partial charge on any atom is 0.255 e. The molecule has 0 aliphatic rings. The maximum atomic E-state index is 12.5. The highest BCUT2D eigenvalue weighted by Gasteiger charge is 2.17. The van der Waals surface area contributed by atoms with Gasteiger partial charge in [-0.2, -0.15) is 0 Å². The van der Waals surface area contributed by atoms with E-state index in [1.54, 1.807) is 36.4 Å². The maximum absolute atomic E-state index is 12.5. The van der Waals surface area contributed by atoms with Crippen molar-refractivity contribution in [2.45, 2.75) is 34.1 Å². The van der Waals surface area contributed by atoms with Gasteiger partial charge in [-0.25, -0.2) is 0 Å². The molecule has 0 fully saturated rings. The van der Waals surface area contributed by atoms with E-state index in [1.165, 1.54) is 0 Å². The van der Waals surface area contributed by atoms with Crippen LogP contribution < -0.4 is 20.1 Å². The molecule has 0 bridgehead atoms. The van der Waals surface area contributed by atoms with Crippen LogP contribution in [-0.4, -0.2) is 25.0 Å². The summed E-state index contributed by atoms with van der Waals surface area (Å²) in [5, 5.41) is 5.75. The molecular formula is C22H28N2O4. The molecule has 2 amide bonds. The van der Waals surface area contributed by atoms with Crippen molar-refractivity contribution in [3.05, 3.63) is 48.0 Å². The fourth-order valence-electron chi connectivity index (χ4n) is 2.66. The Balaban J connectivity index is 2.34. The van der Waals surface area contributed by atoms with E-state index < -0.39 is 0 Å². The van der Waals surface area contributed by atoms with E-state index in [2.05, 4.69) is 10.6 Å². The van der Waals surface area contributed by atoms with Crippen LogP contribution in [0.5, 0.6) is 11.5 Å². The lowest BCUT2D eigenvalue weighted by Crippen LogP contribution is -2.16. The summed E-state index contributed by atoms with van der Waals surface area (Å²) in [5.74, 6) is 0.841. The van der Waals surface area contributed by atoms with Gasteiger partial charge in [0.25, 0.3) is 5.91 Å². The Morgan fingerprint density at radius 3 is 1.93 bits per heavy atom. The molecule has 0 unspecified atom stereocenters. The minimum Gasteiger partial charge on any atom is -0.492 e. The molecule has 0 saturated heterocycles. The summed E-state index contributed by atoms with van der Waals surface area (Å²) >= 11 is 0. The Morgan fingerprint density at radius 1 is 0.893 bits per heavy atom. The van der Waals surface area contributed by atoms with Crippen molar-refractivity contribution < 1.29 is 19.1 Å². The number of amides is 2. The van der Waals surface area contributed by atoms with E-state index in [0.717, 1.165) is 0 Å². The SMILES string of the molecule is CCOc1cc(NC(=O)c2ccccc2)c(OCC)cc1NC(=O)CC(C)C. The quantitative estimate of drug-likeness (QED) is 0.656. The van der Waals surface area contributed by atoms with Crippen LogP contribution in [0.2, 0.25) is 0 Å². The molecule has 0 heterocycles. The molecule has 28 heavy (non-hydrogen) atoms. The number of rotatable bonds is 9. The number of nitrogens with one attached hydrogen (secondary N) is 2. The second kappa shape index (κ2) is 10.3. The van der Waals surface area contributed by atoms with Gasteiger partial charge in [-0.1, -0.05) is 32.0 Å². The van der Waals surface area contributed by atoms with Gasteiger partial charge in [0.1, 0.15) is 11.5 Å². The van der Waals surface area contributed by atoms with Gasteiger partial charge in [0.05, 0.1) is 24.6 Å². The van der Waals surface area contributed by atoms with E-state index in [1.807, 2.05) is 33.8 Å². The average molecular weight is 384 g/mol. The van der Waals surface area contributed by atoms with Crippen LogP contribution in [0.25, 0.3) is 0 Å². The van der Waals surface area contributed by atoms with Gasteiger partial charge in [-0.15, -0.1) is 0 Å². The Kier molecular flexibility index (Phi) is 7.87. The van der Waals surface area contributed by atoms with E-state index in [0.29, 0.717) is 48.1 Å². The van der Waals surface area contributed by atoms with Crippen molar-refractivity contribution in [3.63, 3.8) is 0 Å². The average Bonchev–Trinajstić information content (AvgIpc) is 2.65. The normalized spacial score (nSPS) is 10.5. The minimum absolute atomic E-state index is 0.0977. The summed E-state index contributed by atoms with van der Waals surface area (Å²) in [4.78, 5) is 24.8. The molecule has 2 aromatic rings. The predicted molar refractivity (Wildman–Crippen MR) is 111 cm³/mol. The molecule has 0 aliphatic carbocycles. The molecule has 0 radical (unpaired) electrons. The van der Waals surface area contributed by atoms with Gasteiger partial charge >= 0.3 is 0 Å². The van der Waals surface area contributed by atoms with Crippen molar-refractivity contribution in [1.29, 1.82) is 0 Å². The zero-order valence-electron chi connectivity index (χ0n) is 16.9. The first-order chi connectivity index (χ1) is 13.4. The second-order valence-corrected chi connectivity index (χ2v) is 6.68. The highest BCUT2D eigenvalue weighted by Crippen LogP contribution is 2.37. The Labute approximate surface area is 166 Å². The Morgan fingerprint density at radius 2 is 1.43 bits per heavy atom. The number of carbonyl (C=O) groups excluding carboxylic acids is 2. The third-order valence-electron chi connectivity index (χ3n) is 3.83. The molecule has 0 saturated carbocycles. The van der Waals surface area contributed by atoms with Crippen LogP contribution in [-0.2, 0) is 4.79 Å². The van der Waals surface area contributed by atoms with Crippen molar-refractivity contribution in [3.8, 4) is 11.5 Å². The van der Waals surface area contributed by atoms with Crippen LogP contribution >= 0.6 is 0 Å². The molecule has 6 nitrogen and oxygen atoms in total. The van der Waals surface area contributed by atoms with Gasteiger partial charge in [-0.3, -0.25) is 9.59 Å². The monoisotopic (exact) mass is 384 g/mol. The largest absolute Gasteiger partial charge is 0.492 e. The van der Waals surface area contributed by atoms with Gasteiger partial charge in [0.2, 0.25) is 5.91 Å². The number of anilines is 2. The van der Waals surface area contributed by atoms with Crippen LogP contribution in [0.15, 0.2) is 42.5 Å². The van der Waals surface area contributed by atoms with E-state index >= 15 is 0 Å². The van der Waals surface area contributed by atoms with Gasteiger partial charge < -0.3 is 20.1 Å². The van der Waals surface area contributed by atoms with Crippen molar-refractivity contribution >= 4 is 23.2 Å². The minimum atomic E-state index is -0.249. The topological polar surface area (TPSA) is 76.7 Å². The van der Waals surface area contributed by atoms with Gasteiger partial charge in [0, 0.05) is 24.1 Å². The fourth-order valence-corrected chi connectivity index (χ4v) is 2.66. The smallest absolute Gasteiger partial charge is 0.255 e. The summed E-state index contributed by atoms with van der Waals surface area (Å²) in [6.45, 7) is 8.52. The lowest BCUT2D eigenvalue weighted by molar-refractivity contribution is -0.116. The number of carbonyl (C=O) groups is 2. The summed E-state index contributed by atoms with van der Waals surface area (Å²) in [5.41, 5.74) is 1.55. The van der Waals surface area contributed by atoms with Crippen molar-refractivity contribution in [2.24, 2.45) is 5.92 Å². The van der Waals surface area contributed by atoms with Crippen LogP contribution in [0.4, 0.5) is 11.4 Å². The van der Waals surface area contributed by atoms with Crippen LogP contribution in [0.1, 0.15) is 44.5 Å². The molecule has 2 N–H and O–H groups in total. The van der Waals surface area contributed by atoms with Crippen LogP contribution in [0.3, 0.4) is 0 Å². The van der Waals surface area contributed by atoms with Crippen molar-refractivity contribution in [1.82, 2.24) is 0 Å². The lowest BCUT2D eigenvalue weighted by atomic mass is 10.1. The number of hydrogen-bond donors (Lipinski definition) is 2. The molecule has 2 aromatic carbocycles. The van der Waals surface area contributed by atoms with Gasteiger partial charge in [0.15, 0.2) is 0 Å². The molecular weight excluding hydrogens is 356 g/mol. The molecule has 6 heteroatoms. The standard InChI is InChI=1S/C22H28N2O4/c1-5-27-19-14-18(24-22(26)16-10-8-7-9-11-16)20(28-6-2)13-17(19)23-21(25)12-15(3)4/h7-11,13-15H,5-6,12H2,1-4H3,(H,23,25)(H,24,26). The molecule has 2 rings (SSSR count). The molecule has 0 aromatic heterocycles. The zero-order chi connectivity index (χ0) is 20.5. The van der Waals surface area contributed by atoms with Crippen molar-refractivity contribution in [2.75, 3.05) is 23.8 Å². The third kappa shape index (κ3) is 6.01. The molecule has 150 valence electrons. The Hall–Kier alpha value is -3.02. The summed E-state index contributed by atoms with van der Waals surface area (Å²) < 4.78 is 11.4. The summed E-state index contributed by atoms with van der Waals surface area (Å²) in [7, 11) is 0. The first-order valence-corrected chi connectivity index (χ1v) is 9.54. The van der Waals surface area contributed by atoms with Gasteiger partial charge in [-0.05, 0) is 31.9 Å². The predicted octanol–water partition coefficient (Wildman–Crippen LogP) is 4.72. The van der Waals surface area contributed by atoms with E-state index in [-0.39, 0.29) is 17.7 Å². The van der Waals surface area contributed by atoms with E-state index in [4.69, 9.17) is 9.47 Å². The highest BCUT2D eigenvalue weighted by molar-refractivity contribution is 6.05. The fraction of sp³-hybridized carbons (Fsp3) is 0.364. The number of ether oxygens (including phenoxy) is 2. The molecule has 0 spiro atoms. The Bertz CT molecular complexity index is 804.